The molecule has 2 aromatic heterocycles. The molecule has 9 heteroatoms. The molecule has 0 saturated carbocycles. The van der Waals surface area contributed by atoms with Gasteiger partial charge < -0.3 is 0 Å². The molecule has 2 amide bonds. The lowest BCUT2D eigenvalue weighted by Gasteiger charge is -2.11. The summed E-state index contributed by atoms with van der Waals surface area (Å²) in [5, 5.41) is 8.89. The molecule has 4 rings (SSSR count). The number of amides is 2. The van der Waals surface area contributed by atoms with Crippen LogP contribution in [0.2, 0.25) is 0 Å². The van der Waals surface area contributed by atoms with Crippen molar-refractivity contribution >= 4 is 40.5 Å². The van der Waals surface area contributed by atoms with Crippen molar-refractivity contribution in [3.63, 3.8) is 0 Å². The smallest absolute Gasteiger partial charge is 0.272 e. The summed E-state index contributed by atoms with van der Waals surface area (Å²) in [4.78, 5) is 24.2. The van der Waals surface area contributed by atoms with Crippen molar-refractivity contribution in [1.82, 2.24) is 19.9 Å². The zero-order valence-corrected chi connectivity index (χ0v) is 13.9. The summed E-state index contributed by atoms with van der Waals surface area (Å²) in [6, 6.07) is 5.29. The molecule has 0 unspecified atom stereocenters. The van der Waals surface area contributed by atoms with Crippen molar-refractivity contribution in [2.24, 2.45) is 12.1 Å². The maximum atomic E-state index is 12.3. The Kier molecular flexibility index (Phi) is 3.54. The zero-order valence-electron chi connectivity index (χ0n) is 13.2. The molecule has 2 N–H and O–H groups in total. The van der Waals surface area contributed by atoms with Gasteiger partial charge in [-0.1, -0.05) is 6.07 Å². The Bertz CT molecular complexity index is 1050. The van der Waals surface area contributed by atoms with E-state index >= 15 is 0 Å². The molecule has 0 bridgehead atoms. The molecular weight excluding hydrogens is 344 g/mol. The largest absolute Gasteiger partial charge is 0.275 e. The average Bonchev–Trinajstić information content (AvgIpc) is 3.11. The molecule has 3 heterocycles. The molecule has 0 aliphatic carbocycles. The van der Waals surface area contributed by atoms with Crippen LogP contribution < -0.4 is 10.9 Å². The Balaban J connectivity index is 2.11. The van der Waals surface area contributed by atoms with Crippen LogP contribution in [0.4, 0.5) is 0 Å². The van der Waals surface area contributed by atoms with E-state index in [1.807, 2.05) is 12.3 Å². The molecule has 0 radical (unpaired) electrons. The molecule has 0 spiro atoms. The molecule has 25 heavy (non-hydrogen) atoms. The lowest BCUT2D eigenvalue weighted by Crippen LogP contribution is -2.24. The highest BCUT2D eigenvalue weighted by Gasteiger charge is 2.25. The van der Waals surface area contributed by atoms with Crippen molar-refractivity contribution in [2.75, 3.05) is 11.3 Å². The Hall–Kier alpha value is -3.13. The Morgan fingerprint density at radius 1 is 1.40 bits per heavy atom. The Morgan fingerprint density at radius 2 is 2.24 bits per heavy atom. The van der Waals surface area contributed by atoms with Crippen LogP contribution in [-0.4, -0.2) is 38.4 Å². The number of nitrogens with one attached hydrogen (secondary N) is 2. The van der Waals surface area contributed by atoms with Crippen LogP contribution in [0, 0.1) is 0 Å². The van der Waals surface area contributed by atoms with Crippen LogP contribution in [0.15, 0.2) is 35.7 Å². The van der Waals surface area contributed by atoms with Gasteiger partial charge in [-0.05, 0) is 12.1 Å². The van der Waals surface area contributed by atoms with Crippen molar-refractivity contribution in [2.45, 2.75) is 0 Å². The van der Waals surface area contributed by atoms with E-state index in [9.17, 15) is 9.59 Å². The first kappa shape index (κ1) is 15.4. The van der Waals surface area contributed by atoms with E-state index < -0.39 is 0 Å². The minimum atomic E-state index is -0.362. The van der Waals surface area contributed by atoms with E-state index in [0.717, 1.165) is 5.56 Å². The molecule has 3 aromatic rings. The van der Waals surface area contributed by atoms with Crippen LogP contribution in [0.25, 0.3) is 22.2 Å². The number of benzene rings is 1. The number of carbonyl (C=O) groups is 2. The van der Waals surface area contributed by atoms with Gasteiger partial charge in [0.2, 0.25) is 0 Å². The fourth-order valence-corrected chi connectivity index (χ4v) is 3.06. The number of aromatic nitrogens is 3. The summed E-state index contributed by atoms with van der Waals surface area (Å²) in [6.45, 7) is 0. The maximum absolute atomic E-state index is 12.3. The quantitative estimate of drug-likeness (QED) is 0.695. The molecule has 0 saturated heterocycles. The number of halogens is 1. The first-order chi connectivity index (χ1) is 12.1. The van der Waals surface area contributed by atoms with Gasteiger partial charge in [0.05, 0.1) is 29.2 Å². The predicted molar refractivity (Wildman–Crippen MR) is 94.3 cm³/mol. The monoisotopic (exact) mass is 356 g/mol. The normalized spacial score (nSPS) is 13.0. The number of aryl methyl sites for hydroxylation is 1. The number of hydrogen-bond donors (Lipinski definition) is 2. The summed E-state index contributed by atoms with van der Waals surface area (Å²) in [6.07, 6.45) is 5.08. The lowest BCUT2D eigenvalue weighted by atomic mass is 10.0. The molecule has 0 atom stereocenters. The van der Waals surface area contributed by atoms with Crippen LogP contribution >= 0.6 is 11.6 Å². The van der Waals surface area contributed by atoms with Crippen molar-refractivity contribution in [3.05, 3.63) is 41.7 Å². The van der Waals surface area contributed by atoms with Gasteiger partial charge in [0, 0.05) is 29.8 Å². The molecule has 1 aliphatic heterocycles. The first-order valence-corrected chi connectivity index (χ1v) is 7.99. The number of alkyl halides is 1. The van der Waals surface area contributed by atoms with Gasteiger partial charge in [-0.3, -0.25) is 24.4 Å². The van der Waals surface area contributed by atoms with Crippen LogP contribution in [0.1, 0.15) is 15.9 Å². The SMILES string of the molecule is Cn1cc(-c2c3c4c(cccc4n2NC(=O)CCl)C(=O)NN=C3)cn1. The van der Waals surface area contributed by atoms with Crippen molar-refractivity contribution in [3.8, 4) is 11.3 Å². The molecule has 0 fully saturated rings. The van der Waals surface area contributed by atoms with Gasteiger partial charge in [0.25, 0.3) is 11.8 Å². The van der Waals surface area contributed by atoms with Gasteiger partial charge >= 0.3 is 0 Å². The number of carbonyl (C=O) groups excluding carboxylic acids is 2. The number of hydrazone groups is 1. The zero-order chi connectivity index (χ0) is 17.6. The molecule has 8 nitrogen and oxygen atoms in total. The maximum Gasteiger partial charge on any atom is 0.272 e. The molecular formula is C16H13ClN6O2. The summed E-state index contributed by atoms with van der Waals surface area (Å²) < 4.78 is 3.28. The highest BCUT2D eigenvalue weighted by molar-refractivity contribution is 6.28. The van der Waals surface area contributed by atoms with Crippen LogP contribution in [0.3, 0.4) is 0 Å². The minimum absolute atomic E-state index is 0.185. The second kappa shape index (κ2) is 5.75. The second-order valence-corrected chi connectivity index (χ2v) is 5.84. The van der Waals surface area contributed by atoms with E-state index in [4.69, 9.17) is 11.6 Å². The van der Waals surface area contributed by atoms with E-state index in [0.29, 0.717) is 27.7 Å². The Morgan fingerprint density at radius 3 is 2.96 bits per heavy atom. The lowest BCUT2D eigenvalue weighted by molar-refractivity contribution is -0.114. The number of hydrogen-bond acceptors (Lipinski definition) is 4. The summed E-state index contributed by atoms with van der Waals surface area (Å²) in [5.74, 6) is -0.853. The first-order valence-electron chi connectivity index (χ1n) is 7.46. The van der Waals surface area contributed by atoms with Crippen molar-refractivity contribution < 1.29 is 9.59 Å². The van der Waals surface area contributed by atoms with E-state index in [-0.39, 0.29) is 17.7 Å². The van der Waals surface area contributed by atoms with Gasteiger partial charge in [-0.25, -0.2) is 5.43 Å². The van der Waals surface area contributed by atoms with E-state index in [1.54, 1.807) is 40.9 Å². The fraction of sp³-hybridized carbons (Fsp3) is 0.125. The fourth-order valence-electron chi connectivity index (χ4n) is 3.00. The second-order valence-electron chi connectivity index (χ2n) is 5.57. The minimum Gasteiger partial charge on any atom is -0.275 e. The third-order valence-corrected chi connectivity index (χ3v) is 4.21. The third-order valence-electron chi connectivity index (χ3n) is 3.97. The average molecular weight is 357 g/mol. The third kappa shape index (κ3) is 2.38. The number of nitrogens with zero attached hydrogens (tertiary/aromatic N) is 4. The van der Waals surface area contributed by atoms with Gasteiger partial charge in [-0.15, -0.1) is 11.6 Å². The topological polar surface area (TPSA) is 93.3 Å². The van der Waals surface area contributed by atoms with Crippen molar-refractivity contribution in [1.29, 1.82) is 0 Å². The van der Waals surface area contributed by atoms with Gasteiger partial charge in [0.15, 0.2) is 0 Å². The molecule has 1 aliphatic rings. The van der Waals surface area contributed by atoms with Gasteiger partial charge in [0.1, 0.15) is 5.88 Å². The summed E-state index contributed by atoms with van der Waals surface area (Å²) >= 11 is 5.66. The highest BCUT2D eigenvalue weighted by Crippen LogP contribution is 2.34. The predicted octanol–water partition coefficient (Wildman–Crippen LogP) is 1.43. The summed E-state index contributed by atoms with van der Waals surface area (Å²) in [5.41, 5.74) is 8.57. The highest BCUT2D eigenvalue weighted by atomic mass is 35.5. The molecule has 126 valence electrons. The van der Waals surface area contributed by atoms with Crippen LogP contribution in [-0.2, 0) is 11.8 Å². The molecule has 1 aromatic carbocycles. The standard InChI is InChI=1S/C16H13ClN6O2/c1-22-8-9(6-19-22)15-11-7-18-20-16(25)10-3-2-4-12(14(10)11)23(15)21-13(24)5-17/h2-4,6-8H,5H2,1H3,(H,20,25)(H,21,24). The van der Waals surface area contributed by atoms with E-state index in [1.165, 1.54) is 0 Å². The summed E-state index contributed by atoms with van der Waals surface area (Å²) in [7, 11) is 1.80. The van der Waals surface area contributed by atoms with Crippen LogP contribution in [0.5, 0.6) is 0 Å². The number of rotatable bonds is 3. The van der Waals surface area contributed by atoms with Gasteiger partial charge in [-0.2, -0.15) is 10.2 Å². The Labute approximate surface area is 147 Å². The van der Waals surface area contributed by atoms with E-state index in [2.05, 4.69) is 21.1 Å².